The third kappa shape index (κ3) is 12.7. The molecule has 0 spiro atoms. The number of thioether (sulfide) groups is 2. The topological polar surface area (TPSA) is 130 Å². The number of hydrogen-bond donors (Lipinski definition) is 0. The van der Waals surface area contributed by atoms with Crippen molar-refractivity contribution >= 4 is 64.9 Å². The second kappa shape index (κ2) is 17.2. The zero-order valence-corrected chi connectivity index (χ0v) is 26.1. The number of ether oxygens (including phenoxy) is 2. The van der Waals surface area contributed by atoms with Gasteiger partial charge in [-0.25, -0.2) is 9.00 Å². The summed E-state index contributed by atoms with van der Waals surface area (Å²) in [5.74, 6) is 1.25. The molecule has 0 aliphatic carbocycles. The van der Waals surface area contributed by atoms with Crippen molar-refractivity contribution < 1.29 is 35.5 Å². The number of benzene rings is 2. The molecule has 40 heavy (non-hydrogen) atoms. The van der Waals surface area contributed by atoms with E-state index in [-0.39, 0.29) is 9.94 Å². The van der Waals surface area contributed by atoms with Crippen molar-refractivity contribution in [2.45, 2.75) is 37.5 Å². The molecule has 2 aromatic rings. The molecule has 0 fully saturated rings. The van der Waals surface area contributed by atoms with Crippen LogP contribution in [0, 0.1) is 0 Å². The van der Waals surface area contributed by atoms with Crippen molar-refractivity contribution in [1.82, 2.24) is 0 Å². The van der Waals surface area contributed by atoms with Crippen LogP contribution in [0.15, 0.2) is 69.8 Å². The summed E-state index contributed by atoms with van der Waals surface area (Å²) < 4.78 is 56.9. The van der Waals surface area contributed by atoms with Crippen LogP contribution >= 0.6 is 23.5 Å². The third-order valence-corrected chi connectivity index (χ3v) is 9.16. The first kappa shape index (κ1) is 33.5. The Balaban J connectivity index is 1.70. The van der Waals surface area contributed by atoms with E-state index in [1.54, 1.807) is 19.1 Å². The van der Waals surface area contributed by atoms with Crippen molar-refractivity contribution in [2.75, 3.05) is 32.0 Å². The Morgan fingerprint density at radius 2 is 1.48 bits per heavy atom. The van der Waals surface area contributed by atoms with Gasteiger partial charge >= 0.3 is 16.1 Å². The quantitative estimate of drug-likeness (QED) is 0.0706. The molecule has 0 amide bonds. The van der Waals surface area contributed by atoms with Crippen molar-refractivity contribution in [1.29, 1.82) is 0 Å². The predicted octanol–water partition coefficient (Wildman–Crippen LogP) is 4.94. The standard InChI is InChI=1S/C26H34N2O8S4/c1-21(27-36-40(31,32)24-16-14-23(33-2)15-17-24)37-18-10-5-6-11-19-38-25(26(29)34-3)28-35-39(4,30)20-22-12-8-7-9-13-22/h7-9,12-17,20H,5-6,10-11,18-19H2,1-4H3. The molecule has 10 nitrogen and oxygen atoms in total. The Morgan fingerprint density at radius 1 is 0.850 bits per heavy atom. The SMILES string of the molecule is COC(=O)C(=NOS(C)(=O)=Cc1ccccc1)SCCCCCCSC(C)=NOS(=O)(=O)c1ccc(OC)cc1. The van der Waals surface area contributed by atoms with E-state index in [9.17, 15) is 17.4 Å². The minimum atomic E-state index is -4.00. The molecule has 0 N–H and O–H groups in total. The molecule has 0 radical (unpaired) electrons. The van der Waals surface area contributed by atoms with Gasteiger partial charge in [0.2, 0.25) is 5.04 Å². The van der Waals surface area contributed by atoms with E-state index in [4.69, 9.17) is 18.0 Å². The summed E-state index contributed by atoms with van der Waals surface area (Å²) in [6.07, 6.45) is 4.95. The number of carbonyl (C=O) groups is 1. The van der Waals surface area contributed by atoms with Gasteiger partial charge < -0.3 is 13.8 Å². The molecule has 0 bridgehead atoms. The van der Waals surface area contributed by atoms with Gasteiger partial charge in [0.25, 0.3) is 0 Å². The van der Waals surface area contributed by atoms with Crippen molar-refractivity contribution in [3.63, 3.8) is 0 Å². The van der Waals surface area contributed by atoms with Gasteiger partial charge in [0, 0.05) is 11.6 Å². The molecule has 0 aliphatic heterocycles. The Labute approximate surface area is 245 Å². The Kier molecular flexibility index (Phi) is 14.4. The summed E-state index contributed by atoms with van der Waals surface area (Å²) in [7, 11) is -4.15. The van der Waals surface area contributed by atoms with Gasteiger partial charge in [0.1, 0.15) is 25.5 Å². The Morgan fingerprint density at radius 3 is 2.08 bits per heavy atom. The fourth-order valence-electron chi connectivity index (χ4n) is 2.98. The highest BCUT2D eigenvalue weighted by molar-refractivity contribution is 8.15. The van der Waals surface area contributed by atoms with E-state index in [0.29, 0.717) is 16.5 Å². The average molecular weight is 631 g/mol. The first-order chi connectivity index (χ1) is 19.1. The molecule has 0 heterocycles. The van der Waals surface area contributed by atoms with Crippen LogP contribution in [0.5, 0.6) is 5.75 Å². The first-order valence-electron chi connectivity index (χ1n) is 12.2. The maximum Gasteiger partial charge on any atom is 0.366 e. The van der Waals surface area contributed by atoms with E-state index >= 15 is 0 Å². The van der Waals surface area contributed by atoms with Crippen LogP contribution < -0.4 is 4.74 Å². The molecule has 0 saturated carbocycles. The molecule has 0 saturated heterocycles. The van der Waals surface area contributed by atoms with Crippen molar-refractivity contribution in [2.24, 2.45) is 10.3 Å². The summed E-state index contributed by atoms with van der Waals surface area (Å²) in [4.78, 5) is 12.0. The van der Waals surface area contributed by atoms with Crippen molar-refractivity contribution in [3.05, 3.63) is 60.2 Å². The van der Waals surface area contributed by atoms with E-state index in [1.807, 2.05) is 18.2 Å². The summed E-state index contributed by atoms with van der Waals surface area (Å²) >= 11 is 2.60. The van der Waals surface area contributed by atoms with Gasteiger partial charge in [-0.3, -0.25) is 4.28 Å². The summed E-state index contributed by atoms with van der Waals surface area (Å²) in [6, 6.07) is 14.9. The van der Waals surface area contributed by atoms with Crippen LogP contribution in [0.4, 0.5) is 0 Å². The van der Waals surface area contributed by atoms with Gasteiger partial charge in [-0.15, -0.1) is 11.8 Å². The lowest BCUT2D eigenvalue weighted by Crippen LogP contribution is -2.15. The lowest BCUT2D eigenvalue weighted by Gasteiger charge is -2.07. The fraction of sp³-hybridized carbons (Fsp3) is 0.385. The molecular formula is C26H34N2O8S4. The van der Waals surface area contributed by atoms with Gasteiger partial charge in [-0.2, -0.15) is 8.42 Å². The molecule has 2 rings (SSSR count). The van der Waals surface area contributed by atoms with E-state index in [2.05, 4.69) is 10.3 Å². The number of oxime groups is 2. The molecule has 0 aromatic heterocycles. The fourth-order valence-corrected chi connectivity index (χ4v) is 6.32. The molecule has 2 aromatic carbocycles. The van der Waals surface area contributed by atoms with Crippen LogP contribution in [-0.4, -0.2) is 66.0 Å². The van der Waals surface area contributed by atoms with Crippen LogP contribution in [0.1, 0.15) is 38.2 Å². The highest BCUT2D eigenvalue weighted by atomic mass is 32.2. The lowest BCUT2D eigenvalue weighted by atomic mass is 10.2. The van der Waals surface area contributed by atoms with Gasteiger partial charge in [0.15, 0.2) is 0 Å². The zero-order chi connectivity index (χ0) is 29.4. The van der Waals surface area contributed by atoms with E-state index in [1.165, 1.54) is 73.6 Å². The number of unbranched alkanes of at least 4 members (excludes halogenated alkanes) is 3. The second-order valence-electron chi connectivity index (χ2n) is 8.25. The van der Waals surface area contributed by atoms with Crippen molar-refractivity contribution in [3.8, 4) is 5.75 Å². The van der Waals surface area contributed by atoms with Crippen LogP contribution in [-0.2, 0) is 38.0 Å². The summed E-state index contributed by atoms with van der Waals surface area (Å²) in [5, 5.41) is 9.51. The number of rotatable bonds is 14. The highest BCUT2D eigenvalue weighted by Crippen LogP contribution is 2.19. The molecule has 0 aliphatic rings. The number of methoxy groups -OCH3 is 2. The van der Waals surface area contributed by atoms with Crippen LogP contribution in [0.3, 0.4) is 0 Å². The van der Waals surface area contributed by atoms with Crippen LogP contribution in [0.25, 0.3) is 0 Å². The highest BCUT2D eigenvalue weighted by Gasteiger charge is 2.16. The molecule has 14 heteroatoms. The monoisotopic (exact) mass is 630 g/mol. The summed E-state index contributed by atoms with van der Waals surface area (Å²) in [5.41, 5.74) is 0.725. The second-order valence-corrected chi connectivity index (χ2v) is 14.2. The Hall–Kier alpha value is -2.68. The predicted molar refractivity (Wildman–Crippen MR) is 164 cm³/mol. The Bertz CT molecular complexity index is 1370. The van der Waals surface area contributed by atoms with Gasteiger partial charge in [-0.1, -0.05) is 65.2 Å². The number of esters is 1. The normalized spacial score (nSPS) is 13.7. The minimum Gasteiger partial charge on any atom is -0.497 e. The average Bonchev–Trinajstić information content (AvgIpc) is 2.94. The zero-order valence-electron chi connectivity index (χ0n) is 22.8. The smallest absolute Gasteiger partial charge is 0.366 e. The summed E-state index contributed by atoms with van der Waals surface area (Å²) in [6.45, 7) is 1.69. The van der Waals surface area contributed by atoms with Gasteiger partial charge in [0.05, 0.1) is 14.2 Å². The minimum absolute atomic E-state index is 0.00511. The van der Waals surface area contributed by atoms with E-state index < -0.39 is 25.9 Å². The number of carbonyl (C=O) groups excluding carboxylic acids is 1. The lowest BCUT2D eigenvalue weighted by molar-refractivity contribution is -0.132. The molecule has 1 unspecified atom stereocenters. The van der Waals surface area contributed by atoms with Gasteiger partial charge in [-0.05, 0) is 61.1 Å². The maximum absolute atomic E-state index is 12.7. The molecule has 220 valence electrons. The molecular weight excluding hydrogens is 597 g/mol. The number of nitrogens with zero attached hydrogens (tertiary/aromatic N) is 2. The maximum atomic E-state index is 12.7. The van der Waals surface area contributed by atoms with E-state index in [0.717, 1.165) is 37.0 Å². The largest absolute Gasteiger partial charge is 0.497 e. The third-order valence-electron chi connectivity index (χ3n) is 4.98. The van der Waals surface area contributed by atoms with Crippen LogP contribution in [0.2, 0.25) is 0 Å². The molecule has 1 atom stereocenters. The first-order valence-corrected chi connectivity index (χ1v) is 17.5. The number of hydrogen-bond acceptors (Lipinski definition) is 12.